The second-order valence-electron chi connectivity index (χ2n) is 7.72. The van der Waals surface area contributed by atoms with E-state index >= 15 is 0 Å². The molecule has 0 aliphatic carbocycles. The third kappa shape index (κ3) is 7.54. The third-order valence-corrected chi connectivity index (χ3v) is 5.12. The summed E-state index contributed by atoms with van der Waals surface area (Å²) in [5, 5.41) is 0. The summed E-state index contributed by atoms with van der Waals surface area (Å²) in [6.45, 7) is 5.11. The molecule has 0 aromatic heterocycles. The van der Waals surface area contributed by atoms with Gasteiger partial charge in [-0.25, -0.2) is 0 Å². The lowest BCUT2D eigenvalue weighted by Crippen LogP contribution is -1.96. The highest BCUT2D eigenvalue weighted by molar-refractivity contribution is 5.82. The molecule has 0 unspecified atom stereocenters. The maximum absolute atomic E-state index is 5.79. The Morgan fingerprint density at radius 2 is 1.50 bits per heavy atom. The molecule has 0 fully saturated rings. The van der Waals surface area contributed by atoms with Crippen LogP contribution in [0.25, 0.3) is 11.6 Å². The molecule has 3 rings (SSSR count). The predicted octanol–water partition coefficient (Wildman–Crippen LogP) is 7.61. The standard InChI is InChI=1S/C31H30O/c1-3-4-5-13-24-32-30-22-20-27(21-23-30)14-9-10-17-29-18-11-12-19-31(29)26(2)25-28-15-7-6-8-16-28/h6-8,11-12,15-16,18-23,25H,3-5,13,24H2,1-2H3. The summed E-state index contributed by atoms with van der Waals surface area (Å²) in [4.78, 5) is 0. The summed E-state index contributed by atoms with van der Waals surface area (Å²) >= 11 is 0. The minimum atomic E-state index is 0.772. The van der Waals surface area contributed by atoms with Gasteiger partial charge in [-0.15, -0.1) is 0 Å². The van der Waals surface area contributed by atoms with E-state index in [0.717, 1.165) is 35.5 Å². The van der Waals surface area contributed by atoms with Gasteiger partial charge in [-0.05, 0) is 72.2 Å². The Morgan fingerprint density at radius 1 is 0.781 bits per heavy atom. The number of hydrogen-bond donors (Lipinski definition) is 0. The summed E-state index contributed by atoms with van der Waals surface area (Å²) in [6.07, 6.45) is 7.02. The van der Waals surface area contributed by atoms with Crippen LogP contribution in [0.3, 0.4) is 0 Å². The highest BCUT2D eigenvalue weighted by Crippen LogP contribution is 2.21. The molecule has 0 bridgehead atoms. The lowest BCUT2D eigenvalue weighted by atomic mass is 9.99. The van der Waals surface area contributed by atoms with Crippen LogP contribution in [0.15, 0.2) is 78.9 Å². The van der Waals surface area contributed by atoms with Crippen molar-refractivity contribution in [3.05, 3.63) is 101 Å². The molecule has 0 heterocycles. The second-order valence-corrected chi connectivity index (χ2v) is 7.72. The fourth-order valence-corrected chi connectivity index (χ4v) is 3.37. The zero-order valence-corrected chi connectivity index (χ0v) is 19.0. The van der Waals surface area contributed by atoms with Crippen LogP contribution in [0.1, 0.15) is 61.8 Å². The molecule has 3 aromatic rings. The van der Waals surface area contributed by atoms with Gasteiger partial charge >= 0.3 is 0 Å². The normalized spacial score (nSPS) is 10.5. The van der Waals surface area contributed by atoms with Crippen LogP contribution in [-0.4, -0.2) is 6.61 Å². The Bertz CT molecular complexity index is 1130. The van der Waals surface area contributed by atoms with E-state index in [-0.39, 0.29) is 0 Å². The molecule has 0 spiro atoms. The molecule has 0 amide bonds. The minimum absolute atomic E-state index is 0.772. The van der Waals surface area contributed by atoms with Crippen molar-refractivity contribution in [3.63, 3.8) is 0 Å². The molecule has 0 radical (unpaired) electrons. The molecular weight excluding hydrogens is 388 g/mol. The monoisotopic (exact) mass is 418 g/mol. The molecule has 160 valence electrons. The first kappa shape index (κ1) is 23.0. The van der Waals surface area contributed by atoms with Gasteiger partial charge in [0.05, 0.1) is 6.61 Å². The van der Waals surface area contributed by atoms with Gasteiger partial charge in [-0.2, -0.15) is 0 Å². The first-order valence-corrected chi connectivity index (χ1v) is 11.3. The van der Waals surface area contributed by atoms with Gasteiger partial charge in [0.2, 0.25) is 0 Å². The molecule has 0 atom stereocenters. The average Bonchev–Trinajstić information content (AvgIpc) is 2.83. The average molecular weight is 419 g/mol. The van der Waals surface area contributed by atoms with Crippen LogP contribution in [0.2, 0.25) is 0 Å². The Hall–Kier alpha value is -3.68. The quantitative estimate of drug-likeness (QED) is 0.208. The maximum atomic E-state index is 5.79. The fourth-order valence-electron chi connectivity index (χ4n) is 3.37. The molecule has 3 aromatic carbocycles. The first-order valence-electron chi connectivity index (χ1n) is 11.3. The molecule has 0 N–H and O–H groups in total. The van der Waals surface area contributed by atoms with Crippen molar-refractivity contribution in [3.8, 4) is 29.4 Å². The van der Waals surface area contributed by atoms with Gasteiger partial charge in [0.1, 0.15) is 5.75 Å². The Morgan fingerprint density at radius 3 is 2.28 bits per heavy atom. The SMILES string of the molecule is CCCCCCOc1ccc(C#CC#Cc2ccccc2C(C)=Cc2ccccc2)cc1. The van der Waals surface area contributed by atoms with Crippen LogP contribution in [0.4, 0.5) is 0 Å². The Labute approximate surface area is 193 Å². The number of hydrogen-bond acceptors (Lipinski definition) is 1. The highest BCUT2D eigenvalue weighted by atomic mass is 16.5. The van der Waals surface area contributed by atoms with Crippen molar-refractivity contribution in [2.24, 2.45) is 0 Å². The van der Waals surface area contributed by atoms with E-state index in [1.165, 1.54) is 30.4 Å². The van der Waals surface area contributed by atoms with E-state index < -0.39 is 0 Å². The van der Waals surface area contributed by atoms with Gasteiger partial charge in [-0.3, -0.25) is 0 Å². The van der Waals surface area contributed by atoms with Crippen molar-refractivity contribution in [2.45, 2.75) is 39.5 Å². The van der Waals surface area contributed by atoms with Crippen LogP contribution in [0, 0.1) is 23.7 Å². The second kappa shape index (κ2) is 12.9. The number of allylic oxidation sites excluding steroid dienone is 1. The predicted molar refractivity (Wildman–Crippen MR) is 136 cm³/mol. The van der Waals surface area contributed by atoms with E-state index in [9.17, 15) is 0 Å². The van der Waals surface area contributed by atoms with Crippen LogP contribution in [0.5, 0.6) is 5.75 Å². The molecule has 0 saturated carbocycles. The molecule has 0 aliphatic rings. The number of benzene rings is 3. The molecule has 1 nitrogen and oxygen atoms in total. The van der Waals surface area contributed by atoms with Gasteiger partial charge < -0.3 is 4.74 Å². The third-order valence-electron chi connectivity index (χ3n) is 5.12. The lowest BCUT2D eigenvalue weighted by molar-refractivity contribution is 0.305. The van der Waals surface area contributed by atoms with Gasteiger partial charge in [0.15, 0.2) is 0 Å². The zero-order chi connectivity index (χ0) is 22.4. The van der Waals surface area contributed by atoms with E-state index in [4.69, 9.17) is 4.74 Å². The van der Waals surface area contributed by atoms with E-state index in [1.54, 1.807) is 0 Å². The van der Waals surface area contributed by atoms with E-state index in [2.05, 4.69) is 61.8 Å². The van der Waals surface area contributed by atoms with Gasteiger partial charge in [0, 0.05) is 11.1 Å². The Balaban J connectivity index is 1.63. The van der Waals surface area contributed by atoms with E-state index in [1.807, 2.05) is 60.7 Å². The van der Waals surface area contributed by atoms with Crippen LogP contribution < -0.4 is 4.74 Å². The van der Waals surface area contributed by atoms with Crippen LogP contribution >= 0.6 is 0 Å². The van der Waals surface area contributed by atoms with Gasteiger partial charge in [-0.1, -0.05) is 92.6 Å². The molecule has 1 heteroatoms. The molecule has 32 heavy (non-hydrogen) atoms. The smallest absolute Gasteiger partial charge is 0.119 e. The fraction of sp³-hybridized carbons (Fsp3) is 0.226. The van der Waals surface area contributed by atoms with Crippen molar-refractivity contribution in [1.29, 1.82) is 0 Å². The molecule has 0 aliphatic heterocycles. The van der Waals surface area contributed by atoms with Crippen molar-refractivity contribution in [2.75, 3.05) is 6.61 Å². The zero-order valence-electron chi connectivity index (χ0n) is 19.0. The van der Waals surface area contributed by atoms with Crippen LogP contribution in [-0.2, 0) is 0 Å². The van der Waals surface area contributed by atoms with E-state index in [0.29, 0.717) is 0 Å². The largest absolute Gasteiger partial charge is 0.494 e. The van der Waals surface area contributed by atoms with Crippen molar-refractivity contribution in [1.82, 2.24) is 0 Å². The minimum Gasteiger partial charge on any atom is -0.494 e. The van der Waals surface area contributed by atoms with Gasteiger partial charge in [0.25, 0.3) is 0 Å². The number of rotatable bonds is 8. The topological polar surface area (TPSA) is 9.23 Å². The highest BCUT2D eigenvalue weighted by Gasteiger charge is 2.01. The summed E-state index contributed by atoms with van der Waals surface area (Å²) in [5.41, 5.74) is 5.41. The molecular formula is C31H30O. The molecule has 0 saturated heterocycles. The summed E-state index contributed by atoms with van der Waals surface area (Å²) in [7, 11) is 0. The summed E-state index contributed by atoms with van der Waals surface area (Å²) in [5.74, 6) is 13.2. The summed E-state index contributed by atoms with van der Waals surface area (Å²) in [6, 6.07) is 26.4. The number of ether oxygens (including phenoxy) is 1. The first-order chi connectivity index (χ1) is 15.8. The number of unbranched alkanes of at least 4 members (excludes halogenated alkanes) is 3. The van der Waals surface area contributed by atoms with Crippen molar-refractivity contribution >= 4 is 11.6 Å². The lowest BCUT2D eigenvalue weighted by Gasteiger charge is -2.05. The maximum Gasteiger partial charge on any atom is 0.119 e. The van der Waals surface area contributed by atoms with Crippen molar-refractivity contribution < 1.29 is 4.74 Å². The Kier molecular flexibility index (Phi) is 9.26. The summed E-state index contributed by atoms with van der Waals surface area (Å²) < 4.78 is 5.79.